The molecule has 2 aromatic heterocycles. The van der Waals surface area contributed by atoms with Crippen molar-refractivity contribution in [3.05, 3.63) is 30.7 Å². The molecule has 0 amide bonds. The van der Waals surface area contributed by atoms with Crippen LogP contribution < -0.4 is 18.9 Å². The van der Waals surface area contributed by atoms with Crippen LogP contribution in [0.15, 0.2) is 30.7 Å². The van der Waals surface area contributed by atoms with Crippen molar-refractivity contribution in [1.29, 1.82) is 0 Å². The predicted octanol–water partition coefficient (Wildman–Crippen LogP) is 2.43. The molecule has 0 radical (unpaired) electrons. The van der Waals surface area contributed by atoms with Gasteiger partial charge < -0.3 is 18.9 Å². The van der Waals surface area contributed by atoms with Crippen molar-refractivity contribution in [2.45, 2.75) is 0 Å². The highest BCUT2D eigenvalue weighted by atomic mass is 16.5. The summed E-state index contributed by atoms with van der Waals surface area (Å²) in [6.07, 6.45) is 5.21. The van der Waals surface area contributed by atoms with Gasteiger partial charge in [-0.2, -0.15) is 0 Å². The fourth-order valence-corrected chi connectivity index (χ4v) is 2.54. The maximum atomic E-state index is 5.55. The van der Waals surface area contributed by atoms with Crippen molar-refractivity contribution in [3.63, 3.8) is 0 Å². The van der Waals surface area contributed by atoms with E-state index in [2.05, 4.69) is 9.97 Å². The van der Waals surface area contributed by atoms with Gasteiger partial charge in [-0.05, 0) is 12.1 Å². The Balaban J connectivity index is 2.27. The maximum Gasteiger partial charge on any atom is 0.258 e. The molecular weight excluding hydrogens is 298 g/mol. The zero-order valence-electron chi connectivity index (χ0n) is 13.4. The van der Waals surface area contributed by atoms with Gasteiger partial charge in [-0.25, -0.2) is 9.97 Å². The van der Waals surface area contributed by atoms with E-state index in [-0.39, 0.29) is 0 Å². The standard InChI is InChI=1S/C16H17N3O4/c1-20-12-6-5-10(13(21-2)14(12)22-3)11-9-18-15-16(23-4)17-7-8-19(11)15/h5-9H,1-4H3. The molecule has 1 aromatic carbocycles. The monoisotopic (exact) mass is 315 g/mol. The van der Waals surface area contributed by atoms with Gasteiger partial charge in [-0.15, -0.1) is 0 Å². The molecule has 0 saturated heterocycles. The van der Waals surface area contributed by atoms with Crippen LogP contribution in [0.2, 0.25) is 0 Å². The highest BCUT2D eigenvalue weighted by Gasteiger charge is 2.20. The third kappa shape index (κ3) is 2.30. The third-order valence-electron chi connectivity index (χ3n) is 3.57. The molecule has 0 aliphatic heterocycles. The van der Waals surface area contributed by atoms with Crippen LogP contribution in [-0.4, -0.2) is 42.8 Å². The van der Waals surface area contributed by atoms with Crippen molar-refractivity contribution >= 4 is 5.65 Å². The van der Waals surface area contributed by atoms with E-state index in [9.17, 15) is 0 Å². The fourth-order valence-electron chi connectivity index (χ4n) is 2.54. The number of nitrogens with zero attached hydrogens (tertiary/aromatic N) is 3. The summed E-state index contributed by atoms with van der Waals surface area (Å²) < 4.78 is 23.4. The molecule has 23 heavy (non-hydrogen) atoms. The zero-order valence-corrected chi connectivity index (χ0v) is 13.4. The van der Waals surface area contributed by atoms with Crippen molar-refractivity contribution in [3.8, 4) is 34.4 Å². The van der Waals surface area contributed by atoms with Gasteiger partial charge in [-0.1, -0.05) is 0 Å². The van der Waals surface area contributed by atoms with Gasteiger partial charge in [0.2, 0.25) is 11.4 Å². The topological polar surface area (TPSA) is 67.1 Å². The highest BCUT2D eigenvalue weighted by molar-refractivity contribution is 5.76. The first-order chi connectivity index (χ1) is 11.2. The summed E-state index contributed by atoms with van der Waals surface area (Å²) in [6.45, 7) is 0. The zero-order chi connectivity index (χ0) is 16.4. The number of aromatic nitrogens is 3. The molecule has 0 aliphatic rings. The average molecular weight is 315 g/mol. The van der Waals surface area contributed by atoms with E-state index >= 15 is 0 Å². The molecule has 0 bridgehead atoms. The summed E-state index contributed by atoms with van der Waals surface area (Å²) in [6, 6.07) is 3.73. The second-order valence-electron chi connectivity index (χ2n) is 4.66. The van der Waals surface area contributed by atoms with Crippen LogP contribution in [0.1, 0.15) is 0 Å². The summed E-state index contributed by atoms with van der Waals surface area (Å²) in [5.74, 6) is 2.16. The van der Waals surface area contributed by atoms with Crippen molar-refractivity contribution < 1.29 is 18.9 Å². The van der Waals surface area contributed by atoms with E-state index in [1.54, 1.807) is 40.8 Å². The van der Waals surface area contributed by atoms with Gasteiger partial charge in [0.1, 0.15) is 0 Å². The summed E-state index contributed by atoms with van der Waals surface area (Å²) >= 11 is 0. The van der Waals surface area contributed by atoms with Crippen LogP contribution in [-0.2, 0) is 0 Å². The Bertz CT molecular complexity index is 845. The first-order valence-corrected chi connectivity index (χ1v) is 6.90. The molecule has 2 heterocycles. The van der Waals surface area contributed by atoms with Crippen LogP contribution in [0.5, 0.6) is 23.1 Å². The molecular formula is C16H17N3O4. The van der Waals surface area contributed by atoms with Crippen LogP contribution in [0, 0.1) is 0 Å². The second-order valence-corrected chi connectivity index (χ2v) is 4.66. The Hall–Kier alpha value is -2.96. The van der Waals surface area contributed by atoms with E-state index < -0.39 is 0 Å². The van der Waals surface area contributed by atoms with Crippen LogP contribution in [0.25, 0.3) is 16.9 Å². The number of ether oxygens (including phenoxy) is 4. The smallest absolute Gasteiger partial charge is 0.258 e. The van der Waals surface area contributed by atoms with Crippen molar-refractivity contribution in [2.75, 3.05) is 28.4 Å². The molecule has 0 saturated carbocycles. The van der Waals surface area contributed by atoms with E-state index in [1.807, 2.05) is 22.7 Å². The van der Waals surface area contributed by atoms with Crippen LogP contribution in [0.3, 0.4) is 0 Å². The van der Waals surface area contributed by atoms with Gasteiger partial charge in [0.25, 0.3) is 5.88 Å². The molecule has 120 valence electrons. The van der Waals surface area contributed by atoms with Crippen molar-refractivity contribution in [2.24, 2.45) is 0 Å². The molecule has 0 N–H and O–H groups in total. The Morgan fingerprint density at radius 3 is 2.30 bits per heavy atom. The van der Waals surface area contributed by atoms with Crippen LogP contribution >= 0.6 is 0 Å². The Kier molecular flexibility index (Phi) is 3.92. The number of hydrogen-bond acceptors (Lipinski definition) is 6. The Labute approximate surface area is 133 Å². The van der Waals surface area contributed by atoms with Crippen LogP contribution in [0.4, 0.5) is 0 Å². The number of fused-ring (bicyclic) bond motifs is 1. The lowest BCUT2D eigenvalue weighted by molar-refractivity contribution is 0.325. The molecule has 0 spiro atoms. The van der Waals surface area contributed by atoms with E-state index in [0.717, 1.165) is 11.3 Å². The molecule has 7 heteroatoms. The van der Waals surface area contributed by atoms with E-state index in [4.69, 9.17) is 18.9 Å². The van der Waals surface area contributed by atoms with Gasteiger partial charge in [0.15, 0.2) is 11.5 Å². The second kappa shape index (κ2) is 6.04. The Morgan fingerprint density at radius 2 is 1.65 bits per heavy atom. The van der Waals surface area contributed by atoms with Gasteiger partial charge in [0.05, 0.1) is 40.3 Å². The Morgan fingerprint density at radius 1 is 0.870 bits per heavy atom. The van der Waals surface area contributed by atoms with Gasteiger partial charge >= 0.3 is 0 Å². The molecule has 0 unspecified atom stereocenters. The summed E-state index contributed by atoms with van der Waals surface area (Å²) in [7, 11) is 6.31. The van der Waals surface area contributed by atoms with Crippen molar-refractivity contribution in [1.82, 2.24) is 14.4 Å². The number of imidazole rings is 1. The van der Waals surface area contributed by atoms with E-state index in [1.165, 1.54) is 0 Å². The minimum atomic E-state index is 0.457. The number of benzene rings is 1. The SMILES string of the molecule is COc1ccc(-c2cnc3c(OC)nccn23)c(OC)c1OC. The number of methoxy groups -OCH3 is 4. The lowest BCUT2D eigenvalue weighted by Gasteiger charge is -2.15. The van der Waals surface area contributed by atoms with Gasteiger partial charge in [0, 0.05) is 18.0 Å². The van der Waals surface area contributed by atoms with Gasteiger partial charge in [-0.3, -0.25) is 4.40 Å². The molecule has 3 aromatic rings. The molecule has 7 nitrogen and oxygen atoms in total. The molecule has 0 aliphatic carbocycles. The summed E-state index contributed by atoms with van der Waals surface area (Å²) in [5.41, 5.74) is 2.28. The molecule has 0 atom stereocenters. The quantitative estimate of drug-likeness (QED) is 0.720. The first-order valence-electron chi connectivity index (χ1n) is 6.90. The van der Waals surface area contributed by atoms with E-state index in [0.29, 0.717) is 28.8 Å². The predicted molar refractivity (Wildman–Crippen MR) is 84.6 cm³/mol. The molecule has 0 fully saturated rings. The average Bonchev–Trinajstić information content (AvgIpc) is 3.03. The minimum absolute atomic E-state index is 0.457. The lowest BCUT2D eigenvalue weighted by Crippen LogP contribution is -1.99. The highest BCUT2D eigenvalue weighted by Crippen LogP contribution is 2.44. The fraction of sp³-hybridized carbons (Fsp3) is 0.250. The lowest BCUT2D eigenvalue weighted by atomic mass is 10.1. The summed E-state index contributed by atoms with van der Waals surface area (Å²) in [4.78, 5) is 8.54. The minimum Gasteiger partial charge on any atom is -0.493 e. The summed E-state index contributed by atoms with van der Waals surface area (Å²) in [5, 5.41) is 0. The largest absolute Gasteiger partial charge is 0.493 e. The normalized spacial score (nSPS) is 10.6. The molecule has 3 rings (SSSR count). The number of hydrogen-bond donors (Lipinski definition) is 0. The maximum absolute atomic E-state index is 5.55. The first kappa shape index (κ1) is 15.0. The third-order valence-corrected chi connectivity index (χ3v) is 3.57. The number of rotatable bonds is 5.